The second kappa shape index (κ2) is 9.28. The number of amides is 2. The van der Waals surface area contributed by atoms with Crippen molar-refractivity contribution in [2.45, 2.75) is 31.3 Å². The van der Waals surface area contributed by atoms with E-state index in [0.717, 1.165) is 18.4 Å². The Morgan fingerprint density at radius 1 is 1.04 bits per heavy atom. The van der Waals surface area contributed by atoms with Crippen LogP contribution in [0.5, 0.6) is 0 Å². The first kappa shape index (κ1) is 19.0. The average Bonchev–Trinajstić information content (AvgIpc) is 3.46. The van der Waals surface area contributed by atoms with Gasteiger partial charge in [0.15, 0.2) is 0 Å². The molecule has 142 valence electrons. The molecule has 0 unspecified atom stereocenters. The molecule has 0 saturated heterocycles. The van der Waals surface area contributed by atoms with Crippen LogP contribution < -0.4 is 16.0 Å². The van der Waals surface area contributed by atoms with Gasteiger partial charge in [-0.1, -0.05) is 42.5 Å². The summed E-state index contributed by atoms with van der Waals surface area (Å²) < 4.78 is 13.2. The molecule has 1 atom stereocenters. The van der Waals surface area contributed by atoms with Crippen LogP contribution in [-0.4, -0.2) is 30.9 Å². The smallest absolute Gasteiger partial charge is 0.241 e. The van der Waals surface area contributed by atoms with E-state index in [1.54, 1.807) is 12.1 Å². The van der Waals surface area contributed by atoms with E-state index in [-0.39, 0.29) is 30.1 Å². The standard InChI is InChI=1S/C21H24FN3O2/c22-17-8-4-5-15(13-17)14-19(26)23-11-12-24-20(16-6-2-1-3-7-16)21(27)25-18-9-10-18/h1-8,13,18,20,24H,9-12,14H2,(H,23,26)(H,25,27)/t20-/m0/s1. The molecular weight excluding hydrogens is 345 g/mol. The van der Waals surface area contributed by atoms with Crippen molar-refractivity contribution in [2.75, 3.05) is 13.1 Å². The van der Waals surface area contributed by atoms with Gasteiger partial charge in [-0.2, -0.15) is 0 Å². The Labute approximate surface area is 158 Å². The lowest BCUT2D eigenvalue weighted by Gasteiger charge is -2.19. The summed E-state index contributed by atoms with van der Waals surface area (Å²) in [6.45, 7) is 0.834. The van der Waals surface area contributed by atoms with E-state index < -0.39 is 6.04 Å². The van der Waals surface area contributed by atoms with Gasteiger partial charge in [0.2, 0.25) is 11.8 Å². The van der Waals surface area contributed by atoms with Gasteiger partial charge in [0.1, 0.15) is 11.9 Å². The average molecular weight is 369 g/mol. The number of halogens is 1. The van der Waals surface area contributed by atoms with Gasteiger partial charge >= 0.3 is 0 Å². The minimum atomic E-state index is -0.452. The highest BCUT2D eigenvalue weighted by atomic mass is 19.1. The van der Waals surface area contributed by atoms with Gasteiger partial charge in [0.05, 0.1) is 6.42 Å². The predicted octanol–water partition coefficient (Wildman–Crippen LogP) is 2.09. The summed E-state index contributed by atoms with van der Waals surface area (Å²) >= 11 is 0. The van der Waals surface area contributed by atoms with E-state index in [9.17, 15) is 14.0 Å². The van der Waals surface area contributed by atoms with Crippen molar-refractivity contribution in [1.29, 1.82) is 0 Å². The van der Waals surface area contributed by atoms with E-state index in [2.05, 4.69) is 16.0 Å². The zero-order valence-corrected chi connectivity index (χ0v) is 15.1. The Bertz CT molecular complexity index is 778. The zero-order valence-electron chi connectivity index (χ0n) is 15.1. The first-order valence-corrected chi connectivity index (χ1v) is 9.21. The molecule has 1 fully saturated rings. The van der Waals surface area contributed by atoms with Crippen LogP contribution in [0.1, 0.15) is 30.0 Å². The van der Waals surface area contributed by atoms with Crippen LogP contribution in [0.25, 0.3) is 0 Å². The van der Waals surface area contributed by atoms with Crippen LogP contribution in [0.3, 0.4) is 0 Å². The third kappa shape index (κ3) is 6.18. The molecule has 3 N–H and O–H groups in total. The molecule has 2 aromatic rings. The number of rotatable bonds is 9. The molecule has 3 rings (SSSR count). The molecule has 0 aromatic heterocycles. The minimum Gasteiger partial charge on any atom is -0.355 e. The number of hydrogen-bond acceptors (Lipinski definition) is 3. The Kier molecular flexibility index (Phi) is 6.54. The van der Waals surface area contributed by atoms with E-state index in [0.29, 0.717) is 18.7 Å². The molecule has 0 spiro atoms. The third-order valence-electron chi connectivity index (χ3n) is 4.37. The largest absolute Gasteiger partial charge is 0.355 e. The van der Waals surface area contributed by atoms with Crippen molar-refractivity contribution in [1.82, 2.24) is 16.0 Å². The maximum Gasteiger partial charge on any atom is 0.241 e. The molecule has 1 saturated carbocycles. The molecule has 6 heteroatoms. The maximum absolute atomic E-state index is 13.2. The summed E-state index contributed by atoms with van der Waals surface area (Å²) in [5.41, 5.74) is 1.52. The zero-order chi connectivity index (χ0) is 19.1. The van der Waals surface area contributed by atoms with Crippen LogP contribution >= 0.6 is 0 Å². The summed E-state index contributed by atoms with van der Waals surface area (Å²) in [6, 6.07) is 15.4. The minimum absolute atomic E-state index is 0.0465. The molecule has 0 bridgehead atoms. The lowest BCUT2D eigenvalue weighted by molar-refractivity contribution is -0.123. The Balaban J connectivity index is 1.47. The lowest BCUT2D eigenvalue weighted by atomic mass is 10.1. The molecule has 2 aromatic carbocycles. The van der Waals surface area contributed by atoms with Gasteiger partial charge in [-0.3, -0.25) is 9.59 Å². The Morgan fingerprint density at radius 3 is 2.52 bits per heavy atom. The van der Waals surface area contributed by atoms with Gasteiger partial charge in [-0.25, -0.2) is 4.39 Å². The van der Waals surface area contributed by atoms with Crippen LogP contribution in [0.4, 0.5) is 4.39 Å². The highest BCUT2D eigenvalue weighted by Crippen LogP contribution is 2.21. The molecule has 1 aliphatic carbocycles. The van der Waals surface area contributed by atoms with Crippen molar-refractivity contribution in [3.05, 3.63) is 71.5 Å². The van der Waals surface area contributed by atoms with E-state index in [4.69, 9.17) is 0 Å². The summed E-state index contributed by atoms with van der Waals surface area (Å²) in [7, 11) is 0. The first-order chi connectivity index (χ1) is 13.1. The van der Waals surface area contributed by atoms with Gasteiger partial charge < -0.3 is 16.0 Å². The van der Waals surface area contributed by atoms with Crippen LogP contribution in [0, 0.1) is 5.82 Å². The highest BCUT2D eigenvalue weighted by Gasteiger charge is 2.28. The fourth-order valence-corrected chi connectivity index (χ4v) is 2.83. The number of carbonyl (C=O) groups is 2. The van der Waals surface area contributed by atoms with E-state index >= 15 is 0 Å². The van der Waals surface area contributed by atoms with Crippen LogP contribution in [0.15, 0.2) is 54.6 Å². The quantitative estimate of drug-likeness (QED) is 0.593. The van der Waals surface area contributed by atoms with Crippen LogP contribution in [0.2, 0.25) is 0 Å². The number of benzene rings is 2. The fourth-order valence-electron chi connectivity index (χ4n) is 2.83. The molecule has 0 radical (unpaired) electrons. The highest BCUT2D eigenvalue weighted by molar-refractivity contribution is 5.83. The van der Waals surface area contributed by atoms with Crippen molar-refractivity contribution >= 4 is 11.8 Å². The summed E-state index contributed by atoms with van der Waals surface area (Å²) in [5, 5.41) is 9.02. The summed E-state index contributed by atoms with van der Waals surface area (Å²) in [5.74, 6) is -0.578. The number of hydrogen-bond donors (Lipinski definition) is 3. The van der Waals surface area contributed by atoms with E-state index in [1.807, 2.05) is 30.3 Å². The van der Waals surface area contributed by atoms with Crippen molar-refractivity contribution in [2.24, 2.45) is 0 Å². The van der Waals surface area contributed by atoms with Crippen molar-refractivity contribution in [3.8, 4) is 0 Å². The second-order valence-corrected chi connectivity index (χ2v) is 6.74. The molecule has 27 heavy (non-hydrogen) atoms. The van der Waals surface area contributed by atoms with Gasteiger partial charge in [-0.05, 0) is 36.1 Å². The third-order valence-corrected chi connectivity index (χ3v) is 4.37. The lowest BCUT2D eigenvalue weighted by Crippen LogP contribution is -2.41. The Morgan fingerprint density at radius 2 is 1.81 bits per heavy atom. The first-order valence-electron chi connectivity index (χ1n) is 9.21. The monoisotopic (exact) mass is 369 g/mol. The molecule has 0 aliphatic heterocycles. The SMILES string of the molecule is O=C(Cc1cccc(F)c1)NCCN[C@H](C(=O)NC1CC1)c1ccccc1. The fraction of sp³-hybridized carbons (Fsp3) is 0.333. The van der Waals surface area contributed by atoms with Gasteiger partial charge in [0, 0.05) is 19.1 Å². The molecule has 2 amide bonds. The topological polar surface area (TPSA) is 70.2 Å². The summed E-state index contributed by atoms with van der Waals surface area (Å²) in [4.78, 5) is 24.5. The summed E-state index contributed by atoms with van der Waals surface area (Å²) in [6.07, 6.45) is 2.19. The van der Waals surface area contributed by atoms with E-state index in [1.165, 1.54) is 12.1 Å². The Hall–Kier alpha value is -2.73. The predicted molar refractivity (Wildman–Crippen MR) is 101 cm³/mol. The van der Waals surface area contributed by atoms with Gasteiger partial charge in [0.25, 0.3) is 0 Å². The molecular formula is C21H24FN3O2. The molecule has 5 nitrogen and oxygen atoms in total. The normalized spacial score (nSPS) is 14.4. The number of nitrogens with one attached hydrogen (secondary N) is 3. The van der Waals surface area contributed by atoms with Crippen molar-refractivity contribution in [3.63, 3.8) is 0 Å². The number of carbonyl (C=O) groups excluding carboxylic acids is 2. The van der Waals surface area contributed by atoms with Gasteiger partial charge in [-0.15, -0.1) is 0 Å². The van der Waals surface area contributed by atoms with Crippen molar-refractivity contribution < 1.29 is 14.0 Å². The molecule has 0 heterocycles. The second-order valence-electron chi connectivity index (χ2n) is 6.74. The van der Waals surface area contributed by atoms with Crippen LogP contribution in [-0.2, 0) is 16.0 Å². The maximum atomic E-state index is 13.2. The molecule has 1 aliphatic rings.